The van der Waals surface area contributed by atoms with Crippen LogP contribution in [0.25, 0.3) is 0 Å². The van der Waals surface area contributed by atoms with E-state index in [-0.39, 0.29) is 0 Å². The van der Waals surface area contributed by atoms with Crippen molar-refractivity contribution in [2.24, 2.45) is 5.92 Å². The maximum Gasteiger partial charge on any atom is 0.137 e. The topological polar surface area (TPSA) is 15.7 Å². The molecule has 1 saturated heterocycles. The van der Waals surface area contributed by atoms with Crippen molar-refractivity contribution in [3.8, 4) is 5.75 Å². The van der Waals surface area contributed by atoms with Gasteiger partial charge in [0.15, 0.2) is 0 Å². The van der Waals surface area contributed by atoms with E-state index in [1.165, 1.54) is 44.5 Å². The Balaban J connectivity index is 1.87. The molecule has 0 amide bonds. The number of hydrogen-bond donors (Lipinski definition) is 0. The van der Waals surface area contributed by atoms with E-state index in [4.69, 9.17) is 16.3 Å². The van der Waals surface area contributed by atoms with E-state index in [0.717, 1.165) is 25.4 Å². The Kier molecular flexibility index (Phi) is 7.68. The molecule has 0 N–H and O–H groups in total. The molecule has 4 heteroatoms. The molecule has 0 aliphatic carbocycles. The van der Waals surface area contributed by atoms with Crippen LogP contribution in [-0.4, -0.2) is 49.6 Å². The van der Waals surface area contributed by atoms with Crippen LogP contribution in [0.5, 0.6) is 5.75 Å². The third kappa shape index (κ3) is 6.33. The van der Waals surface area contributed by atoms with Crippen molar-refractivity contribution < 1.29 is 4.74 Å². The van der Waals surface area contributed by atoms with Crippen LogP contribution < -0.4 is 4.74 Å². The second kappa shape index (κ2) is 9.51. The van der Waals surface area contributed by atoms with Gasteiger partial charge in [-0.1, -0.05) is 31.5 Å². The first-order chi connectivity index (χ1) is 11.1. The molecule has 0 bridgehead atoms. The highest BCUT2D eigenvalue weighted by molar-refractivity contribution is 6.32. The average molecular weight is 339 g/mol. The second-order valence-electron chi connectivity index (χ2n) is 7.00. The first kappa shape index (κ1) is 18.6. The summed E-state index contributed by atoms with van der Waals surface area (Å²) < 4.78 is 5.24. The quantitative estimate of drug-likeness (QED) is 0.668. The van der Waals surface area contributed by atoms with Crippen LogP contribution in [0.3, 0.4) is 0 Å². The molecule has 1 aliphatic rings. The largest absolute Gasteiger partial charge is 0.495 e. The zero-order chi connectivity index (χ0) is 16.7. The summed E-state index contributed by atoms with van der Waals surface area (Å²) >= 11 is 6.26. The van der Waals surface area contributed by atoms with Gasteiger partial charge in [0, 0.05) is 13.1 Å². The Hall–Kier alpha value is -0.770. The van der Waals surface area contributed by atoms with Crippen molar-refractivity contribution in [2.75, 3.05) is 39.8 Å². The fourth-order valence-electron chi connectivity index (χ4n) is 3.34. The molecule has 2 rings (SSSR count). The molecule has 1 aromatic carbocycles. The highest BCUT2D eigenvalue weighted by Crippen LogP contribution is 2.25. The van der Waals surface area contributed by atoms with Gasteiger partial charge in [-0.15, -0.1) is 0 Å². The number of hydrogen-bond acceptors (Lipinski definition) is 3. The fraction of sp³-hybridized carbons (Fsp3) is 0.684. The van der Waals surface area contributed by atoms with Gasteiger partial charge in [-0.3, -0.25) is 4.90 Å². The summed E-state index contributed by atoms with van der Waals surface area (Å²) in [5, 5.41) is 0.701. The maximum absolute atomic E-state index is 6.26. The minimum atomic E-state index is 0.676. The van der Waals surface area contributed by atoms with Crippen LogP contribution in [-0.2, 0) is 6.54 Å². The van der Waals surface area contributed by atoms with Crippen molar-refractivity contribution >= 4 is 11.6 Å². The highest BCUT2D eigenvalue weighted by Gasteiger charge is 2.13. The summed E-state index contributed by atoms with van der Waals surface area (Å²) in [6.07, 6.45) is 4.00. The van der Waals surface area contributed by atoms with Crippen molar-refractivity contribution in [2.45, 2.75) is 39.7 Å². The van der Waals surface area contributed by atoms with E-state index in [9.17, 15) is 0 Å². The standard InChI is InChI=1S/C19H31ClN2O/c1-16(2)14-22(12-6-11-21-9-4-5-10-21)15-17-7-8-19(23-3)18(20)13-17/h7-8,13,16H,4-6,9-12,14-15H2,1-3H3. The second-order valence-corrected chi connectivity index (χ2v) is 7.41. The van der Waals surface area contributed by atoms with Gasteiger partial charge in [-0.2, -0.15) is 0 Å². The summed E-state index contributed by atoms with van der Waals surface area (Å²) in [5.74, 6) is 1.43. The van der Waals surface area contributed by atoms with E-state index < -0.39 is 0 Å². The van der Waals surface area contributed by atoms with Gasteiger partial charge >= 0.3 is 0 Å². The number of halogens is 1. The van der Waals surface area contributed by atoms with Crippen molar-refractivity contribution in [3.63, 3.8) is 0 Å². The van der Waals surface area contributed by atoms with Crippen LogP contribution in [0.15, 0.2) is 18.2 Å². The van der Waals surface area contributed by atoms with Gasteiger partial charge in [-0.05, 0) is 69.1 Å². The number of methoxy groups -OCH3 is 1. The molecule has 23 heavy (non-hydrogen) atoms. The Morgan fingerprint density at radius 1 is 1.26 bits per heavy atom. The zero-order valence-corrected chi connectivity index (χ0v) is 15.6. The highest BCUT2D eigenvalue weighted by atomic mass is 35.5. The normalized spacial score (nSPS) is 15.7. The molecule has 1 fully saturated rings. The van der Waals surface area contributed by atoms with Crippen molar-refractivity contribution in [1.29, 1.82) is 0 Å². The first-order valence-electron chi connectivity index (χ1n) is 8.85. The SMILES string of the molecule is COc1ccc(CN(CCCN2CCCC2)CC(C)C)cc1Cl. The van der Waals surface area contributed by atoms with Gasteiger partial charge in [0.2, 0.25) is 0 Å². The summed E-state index contributed by atoms with van der Waals surface area (Å²) in [6.45, 7) is 11.6. The number of ether oxygens (including phenoxy) is 1. The molecule has 0 radical (unpaired) electrons. The number of nitrogens with zero attached hydrogens (tertiary/aromatic N) is 2. The Morgan fingerprint density at radius 3 is 2.61 bits per heavy atom. The van der Waals surface area contributed by atoms with Crippen LogP contribution >= 0.6 is 11.6 Å². The van der Waals surface area contributed by atoms with Gasteiger partial charge in [0.05, 0.1) is 12.1 Å². The van der Waals surface area contributed by atoms with Gasteiger partial charge < -0.3 is 9.64 Å². The van der Waals surface area contributed by atoms with E-state index in [0.29, 0.717) is 10.9 Å². The third-order valence-electron chi connectivity index (χ3n) is 4.39. The number of benzene rings is 1. The third-order valence-corrected chi connectivity index (χ3v) is 4.69. The number of likely N-dealkylation sites (tertiary alicyclic amines) is 1. The minimum absolute atomic E-state index is 0.676. The van der Waals surface area contributed by atoms with Crippen LogP contribution in [0, 0.1) is 5.92 Å². The number of rotatable bonds is 9. The smallest absolute Gasteiger partial charge is 0.137 e. The Bertz CT molecular complexity index is 472. The fourth-order valence-corrected chi connectivity index (χ4v) is 3.62. The molecule has 0 saturated carbocycles. The summed E-state index contributed by atoms with van der Waals surface area (Å²) in [6, 6.07) is 6.13. The summed E-state index contributed by atoms with van der Waals surface area (Å²) in [4.78, 5) is 5.15. The van der Waals surface area contributed by atoms with Gasteiger partial charge in [0.25, 0.3) is 0 Å². The van der Waals surface area contributed by atoms with E-state index in [2.05, 4.69) is 29.7 Å². The van der Waals surface area contributed by atoms with Gasteiger partial charge in [0.1, 0.15) is 5.75 Å². The summed E-state index contributed by atoms with van der Waals surface area (Å²) in [7, 11) is 1.66. The van der Waals surface area contributed by atoms with E-state index in [1.54, 1.807) is 7.11 Å². The molecule has 1 aliphatic heterocycles. The monoisotopic (exact) mass is 338 g/mol. The van der Waals surface area contributed by atoms with Crippen molar-refractivity contribution in [3.05, 3.63) is 28.8 Å². The molecule has 3 nitrogen and oxygen atoms in total. The van der Waals surface area contributed by atoms with Crippen LogP contribution in [0.4, 0.5) is 0 Å². The minimum Gasteiger partial charge on any atom is -0.495 e. The zero-order valence-electron chi connectivity index (χ0n) is 14.9. The molecule has 0 aromatic heterocycles. The van der Waals surface area contributed by atoms with Crippen LogP contribution in [0.1, 0.15) is 38.7 Å². The predicted octanol–water partition coefficient (Wildman–Crippen LogP) is 4.29. The first-order valence-corrected chi connectivity index (χ1v) is 9.23. The van der Waals surface area contributed by atoms with Gasteiger partial charge in [-0.25, -0.2) is 0 Å². The van der Waals surface area contributed by atoms with Crippen molar-refractivity contribution in [1.82, 2.24) is 9.80 Å². The van der Waals surface area contributed by atoms with E-state index >= 15 is 0 Å². The molecule has 0 spiro atoms. The van der Waals surface area contributed by atoms with E-state index in [1.807, 2.05) is 12.1 Å². The molecular weight excluding hydrogens is 308 g/mol. The molecule has 130 valence electrons. The average Bonchev–Trinajstić information content (AvgIpc) is 3.00. The summed E-state index contributed by atoms with van der Waals surface area (Å²) in [5.41, 5.74) is 1.26. The lowest BCUT2D eigenvalue weighted by Crippen LogP contribution is -2.31. The lowest BCUT2D eigenvalue weighted by molar-refractivity contribution is 0.217. The molecule has 0 atom stereocenters. The lowest BCUT2D eigenvalue weighted by Gasteiger charge is -2.25. The predicted molar refractivity (Wildman–Crippen MR) is 98.4 cm³/mol. The lowest BCUT2D eigenvalue weighted by atomic mass is 10.1. The Labute approximate surface area is 146 Å². The molecular formula is C19H31ClN2O. The molecule has 0 unspecified atom stereocenters. The molecule has 1 aromatic rings. The molecule has 1 heterocycles. The Morgan fingerprint density at radius 2 is 2.00 bits per heavy atom. The maximum atomic E-state index is 6.26. The van der Waals surface area contributed by atoms with Crippen LogP contribution in [0.2, 0.25) is 5.02 Å².